The second-order valence-electron chi connectivity index (χ2n) is 6.35. The number of primary amides is 1. The molecule has 0 aliphatic rings. The van der Waals surface area contributed by atoms with Gasteiger partial charge in [-0.1, -0.05) is 0 Å². The van der Waals surface area contributed by atoms with E-state index in [-0.39, 0.29) is 0 Å². The van der Waals surface area contributed by atoms with E-state index in [4.69, 9.17) is 21.7 Å². The lowest BCUT2D eigenvalue weighted by molar-refractivity contribution is -0.144. The number of amides is 4. The minimum atomic E-state index is -1.70. The molecule has 13 nitrogen and oxygen atoms in total. The van der Waals surface area contributed by atoms with Gasteiger partial charge in [0.15, 0.2) is 0 Å². The highest BCUT2D eigenvalue weighted by atomic mass is 32.2. The smallest absolute Gasteiger partial charge is 0.326 e. The zero-order chi connectivity index (χ0) is 23.4. The largest absolute Gasteiger partial charge is 0.481 e. The summed E-state index contributed by atoms with van der Waals surface area (Å²) in [4.78, 5) is 69.6. The molecule has 30 heavy (non-hydrogen) atoms. The second-order valence-corrected chi connectivity index (χ2v) is 7.33. The molecule has 0 rings (SSSR count). The van der Waals surface area contributed by atoms with Crippen LogP contribution in [-0.2, 0) is 28.8 Å². The molecule has 9 N–H and O–H groups in total. The SMILES string of the molecule is CSCCC(N)C(=O)NC(C)C(=O)NC(CC(=O)O)C(=O)NC(CC(N)=O)C(=O)O. The van der Waals surface area contributed by atoms with Crippen molar-refractivity contribution in [1.82, 2.24) is 16.0 Å². The molecule has 0 radical (unpaired) electrons. The Morgan fingerprint density at radius 2 is 1.47 bits per heavy atom. The first-order valence-electron chi connectivity index (χ1n) is 8.77. The van der Waals surface area contributed by atoms with E-state index >= 15 is 0 Å². The van der Waals surface area contributed by atoms with Gasteiger partial charge in [0.05, 0.1) is 18.9 Å². The van der Waals surface area contributed by atoms with Crippen molar-refractivity contribution in [3.63, 3.8) is 0 Å². The summed E-state index contributed by atoms with van der Waals surface area (Å²) in [6.45, 7) is 1.30. The minimum Gasteiger partial charge on any atom is -0.481 e. The fourth-order valence-corrected chi connectivity index (χ4v) is 2.61. The second kappa shape index (κ2) is 13.4. The van der Waals surface area contributed by atoms with E-state index in [1.807, 2.05) is 11.6 Å². The summed E-state index contributed by atoms with van der Waals surface area (Å²) in [6.07, 6.45) is 0.623. The van der Waals surface area contributed by atoms with Crippen LogP contribution in [-0.4, -0.2) is 82.0 Å². The predicted molar refractivity (Wildman–Crippen MR) is 106 cm³/mol. The van der Waals surface area contributed by atoms with Crippen molar-refractivity contribution in [3.05, 3.63) is 0 Å². The molecule has 14 heteroatoms. The zero-order valence-electron chi connectivity index (χ0n) is 16.5. The highest BCUT2D eigenvalue weighted by Gasteiger charge is 2.30. The maximum Gasteiger partial charge on any atom is 0.326 e. The quantitative estimate of drug-likeness (QED) is 0.142. The number of carboxylic acid groups (broad SMARTS) is 2. The first-order chi connectivity index (χ1) is 13.9. The average Bonchev–Trinajstić information content (AvgIpc) is 2.63. The van der Waals surface area contributed by atoms with E-state index in [2.05, 4.69) is 10.6 Å². The van der Waals surface area contributed by atoms with Crippen LogP contribution in [0, 0.1) is 0 Å². The molecule has 0 bridgehead atoms. The third-order valence-electron chi connectivity index (χ3n) is 3.75. The van der Waals surface area contributed by atoms with Gasteiger partial charge >= 0.3 is 11.9 Å². The number of rotatable bonds is 14. The molecular formula is C16H27N5O8S. The summed E-state index contributed by atoms with van der Waals surface area (Å²) in [5, 5.41) is 24.4. The molecule has 0 heterocycles. The van der Waals surface area contributed by atoms with Crippen molar-refractivity contribution in [2.45, 2.75) is 50.4 Å². The van der Waals surface area contributed by atoms with Gasteiger partial charge in [0.25, 0.3) is 0 Å². The number of nitrogens with one attached hydrogen (secondary N) is 3. The molecule has 4 amide bonds. The number of hydrogen-bond donors (Lipinski definition) is 7. The average molecular weight is 449 g/mol. The van der Waals surface area contributed by atoms with Gasteiger partial charge in [0, 0.05) is 0 Å². The fourth-order valence-electron chi connectivity index (χ4n) is 2.12. The molecule has 0 saturated carbocycles. The molecule has 0 saturated heterocycles. The summed E-state index contributed by atoms with van der Waals surface area (Å²) >= 11 is 1.49. The van der Waals surface area contributed by atoms with E-state index < -0.39 is 72.6 Å². The van der Waals surface area contributed by atoms with Crippen LogP contribution in [0.1, 0.15) is 26.2 Å². The lowest BCUT2D eigenvalue weighted by atomic mass is 10.1. The van der Waals surface area contributed by atoms with Crippen LogP contribution in [0.15, 0.2) is 0 Å². The lowest BCUT2D eigenvalue weighted by Crippen LogP contribution is -2.57. The van der Waals surface area contributed by atoms with Gasteiger partial charge in [-0.15, -0.1) is 0 Å². The van der Waals surface area contributed by atoms with Crippen LogP contribution in [0.25, 0.3) is 0 Å². The lowest BCUT2D eigenvalue weighted by Gasteiger charge is -2.22. The number of thioether (sulfide) groups is 1. The summed E-state index contributed by atoms with van der Waals surface area (Å²) < 4.78 is 0. The highest BCUT2D eigenvalue weighted by Crippen LogP contribution is 2.01. The van der Waals surface area contributed by atoms with Crippen LogP contribution in [0.3, 0.4) is 0 Å². The molecule has 0 spiro atoms. The monoisotopic (exact) mass is 449 g/mol. The van der Waals surface area contributed by atoms with E-state index in [9.17, 15) is 28.8 Å². The fraction of sp³-hybridized carbons (Fsp3) is 0.625. The number of carbonyl (C=O) groups excluding carboxylic acids is 4. The first kappa shape index (κ1) is 27.1. The Labute approximate surface area is 176 Å². The van der Waals surface area contributed by atoms with Crippen molar-refractivity contribution in [1.29, 1.82) is 0 Å². The molecule has 0 aromatic carbocycles. The topological polar surface area (TPSA) is 231 Å². The zero-order valence-corrected chi connectivity index (χ0v) is 17.4. The molecule has 4 atom stereocenters. The Hall–Kier alpha value is -2.87. The van der Waals surface area contributed by atoms with Crippen molar-refractivity contribution in [3.8, 4) is 0 Å². The summed E-state index contributed by atoms with van der Waals surface area (Å²) in [5.74, 6) is -6.02. The van der Waals surface area contributed by atoms with E-state index in [1.165, 1.54) is 18.7 Å². The van der Waals surface area contributed by atoms with E-state index in [1.54, 1.807) is 0 Å². The van der Waals surface area contributed by atoms with Crippen molar-refractivity contribution in [2.75, 3.05) is 12.0 Å². The molecule has 170 valence electrons. The normalized spacial score (nSPS) is 14.5. The van der Waals surface area contributed by atoms with Crippen LogP contribution >= 0.6 is 11.8 Å². The third-order valence-corrected chi connectivity index (χ3v) is 4.40. The summed E-state index contributed by atoms with van der Waals surface area (Å²) in [7, 11) is 0. The van der Waals surface area contributed by atoms with Gasteiger partial charge in [0.2, 0.25) is 23.6 Å². The Balaban J connectivity index is 5.09. The first-order valence-corrected chi connectivity index (χ1v) is 10.2. The van der Waals surface area contributed by atoms with Crippen molar-refractivity contribution >= 4 is 47.3 Å². The number of aliphatic carboxylic acids is 2. The Kier molecular flexibility index (Phi) is 12.1. The highest BCUT2D eigenvalue weighted by molar-refractivity contribution is 7.98. The van der Waals surface area contributed by atoms with E-state index in [0.717, 1.165) is 0 Å². The van der Waals surface area contributed by atoms with Gasteiger partial charge in [-0.25, -0.2) is 4.79 Å². The minimum absolute atomic E-state index is 0.377. The van der Waals surface area contributed by atoms with Crippen LogP contribution in [0.4, 0.5) is 0 Å². The van der Waals surface area contributed by atoms with Gasteiger partial charge in [0.1, 0.15) is 18.1 Å². The van der Waals surface area contributed by atoms with Gasteiger partial charge < -0.3 is 37.6 Å². The van der Waals surface area contributed by atoms with Gasteiger partial charge in [-0.2, -0.15) is 11.8 Å². The van der Waals surface area contributed by atoms with E-state index in [0.29, 0.717) is 12.2 Å². The Bertz CT molecular complexity index is 674. The molecule has 0 fully saturated rings. The van der Waals surface area contributed by atoms with Crippen LogP contribution in [0.2, 0.25) is 0 Å². The van der Waals surface area contributed by atoms with Crippen LogP contribution < -0.4 is 27.4 Å². The third kappa shape index (κ3) is 10.6. The molecule has 0 aliphatic carbocycles. The number of carboxylic acids is 2. The Morgan fingerprint density at radius 3 is 1.93 bits per heavy atom. The van der Waals surface area contributed by atoms with Gasteiger partial charge in [-0.05, 0) is 25.4 Å². The summed E-state index contributed by atoms with van der Waals surface area (Å²) in [5.41, 5.74) is 10.6. The molecule has 0 aromatic heterocycles. The molecular weight excluding hydrogens is 422 g/mol. The maximum absolute atomic E-state index is 12.3. The summed E-state index contributed by atoms with van der Waals surface area (Å²) in [6, 6.07) is -5.36. The number of hydrogen-bond acceptors (Lipinski definition) is 8. The standard InChI is InChI=1S/C16H27N5O8S/c1-7(19-14(26)8(17)3-4-30-2)13(25)20-9(6-12(23)24)15(27)21-10(16(28)29)5-11(18)22/h7-10H,3-6,17H2,1-2H3,(H2,18,22)(H,19,26)(H,20,25)(H,21,27)(H,23,24)(H,28,29). The number of carbonyl (C=O) groups is 6. The maximum atomic E-state index is 12.3. The molecule has 0 aliphatic heterocycles. The van der Waals surface area contributed by atoms with Gasteiger partial charge in [-0.3, -0.25) is 24.0 Å². The van der Waals surface area contributed by atoms with Crippen LogP contribution in [0.5, 0.6) is 0 Å². The predicted octanol–water partition coefficient (Wildman–Crippen LogP) is -3.02. The van der Waals surface area contributed by atoms with Crippen molar-refractivity contribution in [2.24, 2.45) is 11.5 Å². The van der Waals surface area contributed by atoms with Crippen molar-refractivity contribution < 1.29 is 39.0 Å². The Morgan fingerprint density at radius 1 is 0.900 bits per heavy atom. The number of nitrogens with two attached hydrogens (primary N) is 2. The molecule has 0 aromatic rings. The molecule has 4 unspecified atom stereocenters.